The number of carboxylic acids is 1. The maximum atomic E-state index is 13.7. The lowest BCUT2D eigenvalue weighted by atomic mass is 9.97. The largest absolute Gasteiger partial charge is 0.478 e. The Morgan fingerprint density at radius 1 is 1.11 bits per heavy atom. The third-order valence-electron chi connectivity index (χ3n) is 5.61. The maximum absolute atomic E-state index is 13.7. The predicted octanol–water partition coefficient (Wildman–Crippen LogP) is 6.83. The molecule has 3 rings (SSSR count). The van der Waals surface area contributed by atoms with Gasteiger partial charge in [-0.25, -0.2) is 18.6 Å². The number of hydrogen-bond donors (Lipinski definition) is 1. The lowest BCUT2D eigenvalue weighted by molar-refractivity contribution is -0.152. The second-order valence-electron chi connectivity index (χ2n) is 9.15. The zero-order chi connectivity index (χ0) is 25.9. The number of aryl methyl sites for hydroxylation is 2. The normalized spacial score (nSPS) is 11.7. The zero-order valence-corrected chi connectivity index (χ0v) is 21.3. The standard InChI is InChI=1S/C27H29F2NO4S/c1-6-16-13-20(34-27(4,5)26(32)33)7-8-21(16)22(31)9-10-23-24(15(2)3)30-25(35-23)17-11-18(28)14-19(29)12-17/h7-8,11-15H,6,9-10H2,1-5H3,(H,32,33). The van der Waals surface area contributed by atoms with Gasteiger partial charge in [0.25, 0.3) is 0 Å². The molecule has 35 heavy (non-hydrogen) atoms. The second kappa shape index (κ2) is 10.6. The van der Waals surface area contributed by atoms with E-state index in [0.29, 0.717) is 34.7 Å². The molecule has 2 aromatic carbocycles. The lowest BCUT2D eigenvalue weighted by Gasteiger charge is -2.22. The molecule has 0 amide bonds. The van der Waals surface area contributed by atoms with Crippen LogP contribution in [0.1, 0.15) is 73.4 Å². The van der Waals surface area contributed by atoms with E-state index in [1.54, 1.807) is 18.2 Å². The molecule has 0 saturated carbocycles. The van der Waals surface area contributed by atoms with Gasteiger partial charge in [0.1, 0.15) is 22.4 Å². The number of Topliss-reactive ketones (excluding diaryl/α,β-unsaturated/α-hetero) is 1. The van der Waals surface area contributed by atoms with Crippen molar-refractivity contribution in [2.75, 3.05) is 0 Å². The number of thiazole rings is 1. The predicted molar refractivity (Wildman–Crippen MR) is 132 cm³/mol. The van der Waals surface area contributed by atoms with E-state index in [1.807, 2.05) is 20.8 Å². The molecule has 5 nitrogen and oxygen atoms in total. The molecule has 0 bridgehead atoms. The van der Waals surface area contributed by atoms with Gasteiger partial charge in [-0.2, -0.15) is 0 Å². The van der Waals surface area contributed by atoms with Crippen LogP contribution in [0.4, 0.5) is 8.78 Å². The van der Waals surface area contributed by atoms with Gasteiger partial charge < -0.3 is 9.84 Å². The van der Waals surface area contributed by atoms with Crippen LogP contribution in [0, 0.1) is 11.6 Å². The zero-order valence-electron chi connectivity index (χ0n) is 20.4. The monoisotopic (exact) mass is 501 g/mol. The van der Waals surface area contributed by atoms with Crippen molar-refractivity contribution in [1.82, 2.24) is 4.98 Å². The molecule has 0 aliphatic rings. The lowest BCUT2D eigenvalue weighted by Crippen LogP contribution is -2.37. The minimum absolute atomic E-state index is 0.0487. The fraction of sp³-hybridized carbons (Fsp3) is 0.370. The van der Waals surface area contributed by atoms with Crippen LogP contribution in [0.2, 0.25) is 0 Å². The van der Waals surface area contributed by atoms with Crippen molar-refractivity contribution in [2.45, 2.75) is 65.4 Å². The Balaban J connectivity index is 1.81. The number of aromatic nitrogens is 1. The minimum Gasteiger partial charge on any atom is -0.478 e. The van der Waals surface area contributed by atoms with E-state index in [2.05, 4.69) is 4.98 Å². The summed E-state index contributed by atoms with van der Waals surface area (Å²) in [6.45, 7) is 8.83. The average Bonchev–Trinajstić information content (AvgIpc) is 3.21. The summed E-state index contributed by atoms with van der Waals surface area (Å²) < 4.78 is 33.0. The topological polar surface area (TPSA) is 76.5 Å². The highest BCUT2D eigenvalue weighted by Crippen LogP contribution is 2.34. The number of nitrogens with zero attached hydrogens (tertiary/aromatic N) is 1. The summed E-state index contributed by atoms with van der Waals surface area (Å²) in [7, 11) is 0. The van der Waals surface area contributed by atoms with Crippen LogP contribution in [0.3, 0.4) is 0 Å². The van der Waals surface area contributed by atoms with Crippen LogP contribution in [0.25, 0.3) is 10.6 Å². The highest BCUT2D eigenvalue weighted by atomic mass is 32.1. The first kappa shape index (κ1) is 26.5. The number of halogens is 2. The molecule has 0 spiro atoms. The van der Waals surface area contributed by atoms with Gasteiger partial charge in [-0.3, -0.25) is 4.79 Å². The van der Waals surface area contributed by atoms with Gasteiger partial charge in [-0.15, -0.1) is 11.3 Å². The third kappa shape index (κ3) is 6.31. The molecule has 0 saturated heterocycles. The summed E-state index contributed by atoms with van der Waals surface area (Å²) in [5.74, 6) is -1.98. The number of carbonyl (C=O) groups excluding carboxylic acids is 1. The summed E-state index contributed by atoms with van der Waals surface area (Å²) in [4.78, 5) is 30.0. The summed E-state index contributed by atoms with van der Waals surface area (Å²) >= 11 is 1.34. The van der Waals surface area contributed by atoms with E-state index < -0.39 is 23.2 Å². The Kier molecular flexibility index (Phi) is 8.05. The maximum Gasteiger partial charge on any atom is 0.347 e. The SMILES string of the molecule is CCc1cc(OC(C)(C)C(=O)O)ccc1C(=O)CCc1sc(-c2cc(F)cc(F)c2)nc1C(C)C. The Bertz CT molecular complexity index is 1230. The third-order valence-corrected chi connectivity index (χ3v) is 6.79. The van der Waals surface area contributed by atoms with E-state index >= 15 is 0 Å². The van der Waals surface area contributed by atoms with E-state index in [0.717, 1.165) is 22.2 Å². The first-order valence-electron chi connectivity index (χ1n) is 11.5. The smallest absolute Gasteiger partial charge is 0.347 e. The Labute approximate surface area is 207 Å². The quantitative estimate of drug-likeness (QED) is 0.308. The second-order valence-corrected chi connectivity index (χ2v) is 10.2. The van der Waals surface area contributed by atoms with Crippen LogP contribution in [-0.4, -0.2) is 27.4 Å². The fourth-order valence-electron chi connectivity index (χ4n) is 3.69. The molecular weight excluding hydrogens is 472 g/mol. The van der Waals surface area contributed by atoms with E-state index in [1.165, 1.54) is 37.3 Å². The van der Waals surface area contributed by atoms with Gasteiger partial charge in [-0.1, -0.05) is 20.8 Å². The number of aliphatic carboxylic acids is 1. The van der Waals surface area contributed by atoms with Gasteiger partial charge in [0.2, 0.25) is 0 Å². The van der Waals surface area contributed by atoms with Crippen molar-refractivity contribution in [3.63, 3.8) is 0 Å². The molecule has 0 aliphatic carbocycles. The minimum atomic E-state index is -1.39. The summed E-state index contributed by atoms with van der Waals surface area (Å²) in [6, 6.07) is 8.32. The van der Waals surface area contributed by atoms with Crippen LogP contribution in [0.5, 0.6) is 5.75 Å². The molecule has 8 heteroatoms. The van der Waals surface area contributed by atoms with Gasteiger partial charge in [0.15, 0.2) is 11.4 Å². The fourth-order valence-corrected chi connectivity index (χ4v) is 4.90. The number of ketones is 1. The van der Waals surface area contributed by atoms with Crippen molar-refractivity contribution in [3.05, 3.63) is 69.7 Å². The molecule has 0 radical (unpaired) electrons. The van der Waals surface area contributed by atoms with Gasteiger partial charge in [0.05, 0.1) is 5.69 Å². The van der Waals surface area contributed by atoms with Crippen molar-refractivity contribution in [2.24, 2.45) is 0 Å². The average molecular weight is 502 g/mol. The Morgan fingerprint density at radius 3 is 2.34 bits per heavy atom. The number of carboxylic acid groups (broad SMARTS) is 1. The van der Waals surface area contributed by atoms with Gasteiger partial charge in [0, 0.05) is 28.5 Å². The molecule has 1 heterocycles. The highest BCUT2D eigenvalue weighted by molar-refractivity contribution is 7.15. The molecule has 1 aromatic heterocycles. The molecular formula is C27H29F2NO4S. The van der Waals surface area contributed by atoms with Crippen LogP contribution in [-0.2, 0) is 17.6 Å². The molecule has 1 N–H and O–H groups in total. The molecule has 186 valence electrons. The number of rotatable bonds is 10. The highest BCUT2D eigenvalue weighted by Gasteiger charge is 2.29. The molecule has 0 aliphatic heterocycles. The van der Waals surface area contributed by atoms with Crippen LogP contribution >= 0.6 is 11.3 Å². The molecule has 0 atom stereocenters. The summed E-state index contributed by atoms with van der Waals surface area (Å²) in [5, 5.41) is 9.81. The van der Waals surface area contributed by atoms with Crippen LogP contribution < -0.4 is 4.74 Å². The van der Waals surface area contributed by atoms with Gasteiger partial charge >= 0.3 is 5.97 Å². The summed E-state index contributed by atoms with van der Waals surface area (Å²) in [5.41, 5.74) is 1.14. The van der Waals surface area contributed by atoms with Crippen molar-refractivity contribution < 1.29 is 28.2 Å². The molecule has 0 unspecified atom stereocenters. The first-order valence-corrected chi connectivity index (χ1v) is 12.3. The molecule has 0 fully saturated rings. The Hall–Kier alpha value is -3.13. The van der Waals surface area contributed by atoms with E-state index in [-0.39, 0.29) is 18.1 Å². The van der Waals surface area contributed by atoms with Crippen LogP contribution in [0.15, 0.2) is 36.4 Å². The number of hydrogen-bond acceptors (Lipinski definition) is 5. The number of ether oxygens (including phenoxy) is 1. The molecule has 3 aromatic rings. The summed E-state index contributed by atoms with van der Waals surface area (Å²) in [6.07, 6.45) is 1.28. The van der Waals surface area contributed by atoms with E-state index in [9.17, 15) is 23.5 Å². The van der Waals surface area contributed by atoms with Crippen molar-refractivity contribution >= 4 is 23.1 Å². The first-order chi connectivity index (χ1) is 16.4. The number of benzene rings is 2. The number of carbonyl (C=O) groups is 2. The van der Waals surface area contributed by atoms with Crippen molar-refractivity contribution in [1.29, 1.82) is 0 Å². The van der Waals surface area contributed by atoms with E-state index in [4.69, 9.17) is 4.74 Å². The Morgan fingerprint density at radius 2 is 1.77 bits per heavy atom. The van der Waals surface area contributed by atoms with Gasteiger partial charge in [-0.05, 0) is 68.5 Å². The van der Waals surface area contributed by atoms with Crippen molar-refractivity contribution in [3.8, 4) is 16.3 Å².